The predicted octanol–water partition coefficient (Wildman–Crippen LogP) is 5.67. The SMILES string of the molecule is Cc1cc(-c2ccc(/C=C(/C#N)C(=O)Nc3ccc(Cl)cc3)o2)cc([N+](=O)[O-])c1C. The maximum absolute atomic E-state index is 12.4. The lowest BCUT2D eigenvalue weighted by atomic mass is 10.0. The first-order chi connectivity index (χ1) is 14.3. The standard InChI is InChI=1S/C22H16ClN3O4/c1-13-9-15(11-20(14(13)2)26(28)29)21-8-7-19(30-21)10-16(12-24)22(27)25-18-5-3-17(23)4-6-18/h3-11H,1-2H3,(H,25,27)/b16-10-. The molecule has 0 radical (unpaired) electrons. The summed E-state index contributed by atoms with van der Waals surface area (Å²) in [5, 5.41) is 23.8. The molecule has 2 aromatic carbocycles. The third-order valence-corrected chi connectivity index (χ3v) is 4.75. The van der Waals surface area contributed by atoms with E-state index in [1.807, 2.05) is 6.07 Å². The van der Waals surface area contributed by atoms with Crippen LogP contribution < -0.4 is 5.32 Å². The number of anilines is 1. The number of nitrogens with zero attached hydrogens (tertiary/aromatic N) is 2. The fourth-order valence-corrected chi connectivity index (χ4v) is 2.91. The summed E-state index contributed by atoms with van der Waals surface area (Å²) in [5.41, 5.74) is 2.21. The number of nitro groups is 1. The van der Waals surface area contributed by atoms with E-state index in [9.17, 15) is 20.2 Å². The molecule has 0 saturated carbocycles. The monoisotopic (exact) mass is 421 g/mol. The number of nitro benzene ring substituents is 1. The molecule has 1 amide bonds. The van der Waals surface area contributed by atoms with Gasteiger partial charge >= 0.3 is 0 Å². The van der Waals surface area contributed by atoms with E-state index < -0.39 is 10.8 Å². The van der Waals surface area contributed by atoms with E-state index in [1.165, 1.54) is 12.1 Å². The lowest BCUT2D eigenvalue weighted by Gasteiger charge is -2.05. The fourth-order valence-electron chi connectivity index (χ4n) is 2.78. The van der Waals surface area contributed by atoms with Crippen LogP contribution in [0.1, 0.15) is 16.9 Å². The van der Waals surface area contributed by atoms with E-state index in [0.717, 1.165) is 5.56 Å². The Kier molecular flexibility index (Phi) is 6.00. The Morgan fingerprint density at radius 3 is 2.53 bits per heavy atom. The summed E-state index contributed by atoms with van der Waals surface area (Å²) in [6.07, 6.45) is 1.31. The number of hydrogen-bond donors (Lipinski definition) is 1. The highest BCUT2D eigenvalue weighted by molar-refractivity contribution is 6.30. The largest absolute Gasteiger partial charge is 0.457 e. The van der Waals surface area contributed by atoms with Crippen LogP contribution in [0.5, 0.6) is 0 Å². The van der Waals surface area contributed by atoms with Gasteiger partial charge in [-0.2, -0.15) is 5.26 Å². The van der Waals surface area contributed by atoms with Gasteiger partial charge in [0.15, 0.2) is 0 Å². The second-order valence-electron chi connectivity index (χ2n) is 6.53. The van der Waals surface area contributed by atoms with Gasteiger partial charge in [-0.25, -0.2) is 0 Å². The Balaban J connectivity index is 1.87. The van der Waals surface area contributed by atoms with Crippen LogP contribution >= 0.6 is 11.6 Å². The number of furan rings is 1. The molecule has 3 aromatic rings. The van der Waals surface area contributed by atoms with Crippen molar-refractivity contribution in [3.63, 3.8) is 0 Å². The molecule has 0 bridgehead atoms. The average Bonchev–Trinajstić information content (AvgIpc) is 3.18. The van der Waals surface area contributed by atoms with Crippen LogP contribution in [-0.2, 0) is 4.79 Å². The van der Waals surface area contributed by atoms with E-state index in [1.54, 1.807) is 56.3 Å². The van der Waals surface area contributed by atoms with Crippen molar-refractivity contribution >= 4 is 35.0 Å². The molecule has 1 aromatic heterocycles. The normalized spacial score (nSPS) is 11.1. The molecule has 1 heterocycles. The third kappa shape index (κ3) is 4.57. The summed E-state index contributed by atoms with van der Waals surface area (Å²) in [6.45, 7) is 3.47. The van der Waals surface area contributed by atoms with E-state index in [-0.39, 0.29) is 17.0 Å². The van der Waals surface area contributed by atoms with Gasteiger partial charge in [0.1, 0.15) is 23.2 Å². The van der Waals surface area contributed by atoms with E-state index in [2.05, 4.69) is 5.32 Å². The smallest absolute Gasteiger partial charge is 0.273 e. The molecule has 8 heteroatoms. The topological polar surface area (TPSA) is 109 Å². The summed E-state index contributed by atoms with van der Waals surface area (Å²) in [6, 6.07) is 14.8. The van der Waals surface area contributed by atoms with Crippen LogP contribution in [0.2, 0.25) is 5.02 Å². The van der Waals surface area contributed by atoms with E-state index >= 15 is 0 Å². The first kappa shape index (κ1) is 20.8. The van der Waals surface area contributed by atoms with Crippen molar-refractivity contribution in [3.8, 4) is 17.4 Å². The van der Waals surface area contributed by atoms with Crippen LogP contribution in [-0.4, -0.2) is 10.8 Å². The molecule has 0 aliphatic carbocycles. The highest BCUT2D eigenvalue weighted by Crippen LogP contribution is 2.31. The second kappa shape index (κ2) is 8.64. The maximum Gasteiger partial charge on any atom is 0.273 e. The Hall–Kier alpha value is -3.89. The van der Waals surface area contributed by atoms with Gasteiger partial charge in [-0.3, -0.25) is 14.9 Å². The summed E-state index contributed by atoms with van der Waals surface area (Å²) >= 11 is 5.82. The number of carbonyl (C=O) groups is 1. The van der Waals surface area contributed by atoms with Gasteiger partial charge in [0.2, 0.25) is 0 Å². The molecule has 0 atom stereocenters. The summed E-state index contributed by atoms with van der Waals surface area (Å²) in [4.78, 5) is 23.2. The zero-order chi connectivity index (χ0) is 21.8. The van der Waals surface area contributed by atoms with Crippen molar-refractivity contribution < 1.29 is 14.1 Å². The van der Waals surface area contributed by atoms with Gasteiger partial charge in [-0.1, -0.05) is 11.6 Å². The number of rotatable bonds is 5. The van der Waals surface area contributed by atoms with Crippen LogP contribution in [0.25, 0.3) is 17.4 Å². The number of amides is 1. The van der Waals surface area contributed by atoms with E-state index in [0.29, 0.717) is 27.6 Å². The van der Waals surface area contributed by atoms with E-state index in [4.69, 9.17) is 16.0 Å². The molecule has 7 nitrogen and oxygen atoms in total. The Labute approximate surface area is 177 Å². The highest BCUT2D eigenvalue weighted by Gasteiger charge is 2.17. The molecule has 0 saturated heterocycles. The number of benzene rings is 2. The molecule has 0 aliphatic heterocycles. The highest BCUT2D eigenvalue weighted by atomic mass is 35.5. The lowest BCUT2D eigenvalue weighted by molar-refractivity contribution is -0.385. The summed E-state index contributed by atoms with van der Waals surface area (Å²) in [5.74, 6) is 0.0659. The minimum absolute atomic E-state index is 0.00134. The number of nitrogens with one attached hydrogen (secondary N) is 1. The average molecular weight is 422 g/mol. The first-order valence-electron chi connectivity index (χ1n) is 8.83. The Bertz CT molecular complexity index is 1200. The van der Waals surface area contributed by atoms with Crippen LogP contribution in [0.4, 0.5) is 11.4 Å². The van der Waals surface area contributed by atoms with Gasteiger partial charge in [-0.15, -0.1) is 0 Å². The van der Waals surface area contributed by atoms with Crippen molar-refractivity contribution in [2.45, 2.75) is 13.8 Å². The van der Waals surface area contributed by atoms with Crippen molar-refractivity contribution in [2.75, 3.05) is 5.32 Å². The molecular weight excluding hydrogens is 406 g/mol. The van der Waals surface area contributed by atoms with Gasteiger partial charge in [-0.05, 0) is 61.9 Å². The zero-order valence-corrected chi connectivity index (χ0v) is 16.9. The molecule has 30 heavy (non-hydrogen) atoms. The molecule has 0 spiro atoms. The molecule has 1 N–H and O–H groups in total. The number of nitriles is 1. The van der Waals surface area contributed by atoms with Crippen LogP contribution in [0.3, 0.4) is 0 Å². The van der Waals surface area contributed by atoms with Crippen molar-refractivity contribution in [2.24, 2.45) is 0 Å². The van der Waals surface area contributed by atoms with Gasteiger partial charge < -0.3 is 9.73 Å². The number of halogens is 1. The lowest BCUT2D eigenvalue weighted by Crippen LogP contribution is -2.13. The minimum atomic E-state index is -0.598. The Morgan fingerprint density at radius 1 is 1.20 bits per heavy atom. The minimum Gasteiger partial charge on any atom is -0.457 e. The first-order valence-corrected chi connectivity index (χ1v) is 9.21. The number of hydrogen-bond acceptors (Lipinski definition) is 5. The molecular formula is C22H16ClN3O4. The van der Waals surface area contributed by atoms with Crippen LogP contribution in [0, 0.1) is 35.3 Å². The Morgan fingerprint density at radius 2 is 1.90 bits per heavy atom. The molecule has 0 aliphatic rings. The summed E-state index contributed by atoms with van der Waals surface area (Å²) < 4.78 is 5.70. The maximum atomic E-state index is 12.4. The molecule has 3 rings (SSSR count). The van der Waals surface area contributed by atoms with Crippen molar-refractivity contribution in [1.29, 1.82) is 5.26 Å². The van der Waals surface area contributed by atoms with Crippen molar-refractivity contribution in [3.05, 3.63) is 86.1 Å². The van der Waals surface area contributed by atoms with Gasteiger partial charge in [0.05, 0.1) is 4.92 Å². The number of aryl methyl sites for hydroxylation is 1. The molecule has 150 valence electrons. The predicted molar refractivity (Wildman–Crippen MR) is 114 cm³/mol. The quantitative estimate of drug-likeness (QED) is 0.247. The van der Waals surface area contributed by atoms with Crippen LogP contribution in [0.15, 0.2) is 58.5 Å². The fraction of sp³-hybridized carbons (Fsp3) is 0.0909. The molecule has 0 unspecified atom stereocenters. The van der Waals surface area contributed by atoms with Crippen molar-refractivity contribution in [1.82, 2.24) is 0 Å². The summed E-state index contributed by atoms with van der Waals surface area (Å²) in [7, 11) is 0. The number of carbonyl (C=O) groups excluding carboxylic acids is 1. The third-order valence-electron chi connectivity index (χ3n) is 4.50. The van der Waals surface area contributed by atoms with Gasteiger partial charge in [0, 0.05) is 34.0 Å². The zero-order valence-electron chi connectivity index (χ0n) is 16.1. The van der Waals surface area contributed by atoms with Gasteiger partial charge in [0.25, 0.3) is 11.6 Å². The second-order valence-corrected chi connectivity index (χ2v) is 6.96. The molecule has 0 fully saturated rings.